The maximum Gasteiger partial charge on any atom is 0.508 e. The van der Waals surface area contributed by atoms with Crippen molar-refractivity contribution in [3.05, 3.63) is 23.8 Å². The Balaban J connectivity index is 2.93. The number of ether oxygens (including phenoxy) is 5. The Labute approximate surface area is 225 Å². The zero-order chi connectivity index (χ0) is 28.8. The molecular weight excluding hydrogens is 494 g/mol. The summed E-state index contributed by atoms with van der Waals surface area (Å²) in [5.74, 6) is -0.727. The molecule has 0 aliphatic rings. The van der Waals surface area contributed by atoms with Crippen LogP contribution in [0, 0.1) is 11.8 Å². The molecule has 3 atom stereocenters. The SMILES string of the molecule is CCOC(=O)O[C@@H](C)[C@H](C)OC(=O)[C@@H](N)Cc1ccc(OC(=O)CCC(C)C)c(OC(=O)CCC(C)C)c1. The average molecular weight is 538 g/mol. The van der Waals surface area contributed by atoms with Gasteiger partial charge in [0.15, 0.2) is 11.5 Å². The molecule has 0 aromatic heterocycles. The normalized spacial score (nSPS) is 13.4. The number of benzene rings is 1. The fourth-order valence-corrected chi connectivity index (χ4v) is 3.11. The predicted octanol–water partition coefficient (Wildman–Crippen LogP) is 4.73. The van der Waals surface area contributed by atoms with Gasteiger partial charge in [0, 0.05) is 12.8 Å². The Morgan fingerprint density at radius 2 is 1.32 bits per heavy atom. The Morgan fingerprint density at radius 3 is 1.84 bits per heavy atom. The van der Waals surface area contributed by atoms with Crippen LogP contribution < -0.4 is 15.2 Å². The number of esters is 3. The van der Waals surface area contributed by atoms with Crippen LogP contribution in [0.1, 0.15) is 79.7 Å². The molecule has 0 unspecified atom stereocenters. The molecule has 1 rings (SSSR count). The van der Waals surface area contributed by atoms with Gasteiger partial charge in [0.2, 0.25) is 0 Å². The third-order valence-electron chi connectivity index (χ3n) is 5.57. The van der Waals surface area contributed by atoms with Gasteiger partial charge in [0.25, 0.3) is 0 Å². The molecule has 0 fully saturated rings. The maximum absolute atomic E-state index is 12.6. The summed E-state index contributed by atoms with van der Waals surface area (Å²) in [5, 5.41) is 0. The number of carbonyl (C=O) groups is 4. The van der Waals surface area contributed by atoms with E-state index >= 15 is 0 Å². The van der Waals surface area contributed by atoms with E-state index in [1.807, 2.05) is 27.7 Å². The monoisotopic (exact) mass is 537 g/mol. The maximum atomic E-state index is 12.6. The lowest BCUT2D eigenvalue weighted by Crippen LogP contribution is -2.39. The zero-order valence-corrected chi connectivity index (χ0v) is 23.6. The largest absolute Gasteiger partial charge is 0.508 e. The van der Waals surface area contributed by atoms with Gasteiger partial charge in [-0.2, -0.15) is 0 Å². The highest BCUT2D eigenvalue weighted by Crippen LogP contribution is 2.30. The molecule has 1 aromatic carbocycles. The van der Waals surface area contributed by atoms with Crippen molar-refractivity contribution in [3.63, 3.8) is 0 Å². The van der Waals surface area contributed by atoms with Crippen LogP contribution in [0.3, 0.4) is 0 Å². The highest BCUT2D eigenvalue weighted by Gasteiger charge is 2.25. The number of carbonyl (C=O) groups excluding carboxylic acids is 4. The van der Waals surface area contributed by atoms with Gasteiger partial charge in [0.1, 0.15) is 18.2 Å². The summed E-state index contributed by atoms with van der Waals surface area (Å²) in [4.78, 5) is 48.7. The highest BCUT2D eigenvalue weighted by molar-refractivity contribution is 5.77. The first-order valence-corrected chi connectivity index (χ1v) is 13.2. The van der Waals surface area contributed by atoms with Crippen molar-refractivity contribution in [3.8, 4) is 11.5 Å². The molecule has 0 heterocycles. The van der Waals surface area contributed by atoms with Gasteiger partial charge in [0.05, 0.1) is 6.61 Å². The van der Waals surface area contributed by atoms with Gasteiger partial charge < -0.3 is 29.4 Å². The summed E-state index contributed by atoms with van der Waals surface area (Å²) < 4.78 is 26.1. The van der Waals surface area contributed by atoms with E-state index in [0.717, 1.165) is 0 Å². The molecule has 0 aliphatic heterocycles. The van der Waals surface area contributed by atoms with Gasteiger partial charge in [-0.1, -0.05) is 33.8 Å². The Hall–Kier alpha value is -3.14. The lowest BCUT2D eigenvalue weighted by Gasteiger charge is -2.22. The van der Waals surface area contributed by atoms with Crippen molar-refractivity contribution < 1.29 is 42.9 Å². The van der Waals surface area contributed by atoms with Gasteiger partial charge in [-0.25, -0.2) is 4.79 Å². The van der Waals surface area contributed by atoms with Crippen molar-refractivity contribution in [2.24, 2.45) is 17.6 Å². The van der Waals surface area contributed by atoms with Crippen LogP contribution in [0.4, 0.5) is 4.79 Å². The van der Waals surface area contributed by atoms with E-state index < -0.39 is 42.3 Å². The first kappa shape index (κ1) is 32.9. The van der Waals surface area contributed by atoms with Crippen molar-refractivity contribution in [2.75, 3.05) is 6.61 Å². The average Bonchev–Trinajstić information content (AvgIpc) is 2.82. The second-order valence-electron chi connectivity index (χ2n) is 10.1. The quantitative estimate of drug-likeness (QED) is 0.246. The first-order chi connectivity index (χ1) is 17.8. The Kier molecular flexibility index (Phi) is 14.4. The van der Waals surface area contributed by atoms with Crippen molar-refractivity contribution >= 4 is 24.1 Å². The second kappa shape index (κ2) is 16.7. The van der Waals surface area contributed by atoms with Gasteiger partial charge >= 0.3 is 24.1 Å². The summed E-state index contributed by atoms with van der Waals surface area (Å²) in [5.41, 5.74) is 6.64. The molecule has 214 valence electrons. The minimum Gasteiger partial charge on any atom is -0.458 e. The molecule has 10 nitrogen and oxygen atoms in total. The summed E-state index contributed by atoms with van der Waals surface area (Å²) in [6.07, 6.45) is -0.542. The van der Waals surface area contributed by atoms with E-state index in [-0.39, 0.29) is 37.4 Å². The third-order valence-corrected chi connectivity index (χ3v) is 5.57. The highest BCUT2D eigenvalue weighted by atomic mass is 16.7. The van der Waals surface area contributed by atoms with Crippen LogP contribution >= 0.6 is 0 Å². The first-order valence-electron chi connectivity index (χ1n) is 13.2. The Morgan fingerprint density at radius 1 is 0.789 bits per heavy atom. The van der Waals surface area contributed by atoms with Crippen LogP contribution in [0.15, 0.2) is 18.2 Å². The topological polar surface area (TPSA) is 140 Å². The lowest BCUT2D eigenvalue weighted by molar-refractivity contribution is -0.155. The number of rotatable bonds is 15. The molecule has 0 saturated heterocycles. The third kappa shape index (κ3) is 12.9. The van der Waals surface area contributed by atoms with Crippen molar-refractivity contribution in [1.29, 1.82) is 0 Å². The summed E-state index contributed by atoms with van der Waals surface area (Å²) in [6.45, 7) is 13.0. The van der Waals surface area contributed by atoms with E-state index in [9.17, 15) is 19.2 Å². The molecule has 0 radical (unpaired) electrons. The molecule has 38 heavy (non-hydrogen) atoms. The van der Waals surface area contributed by atoms with E-state index in [2.05, 4.69) is 0 Å². The van der Waals surface area contributed by atoms with Crippen LogP contribution in [-0.4, -0.2) is 48.9 Å². The fourth-order valence-electron chi connectivity index (χ4n) is 3.11. The lowest BCUT2D eigenvalue weighted by atomic mass is 10.1. The van der Waals surface area contributed by atoms with Gasteiger partial charge in [-0.05, 0) is 69.6 Å². The molecule has 1 aromatic rings. The van der Waals surface area contributed by atoms with Crippen LogP contribution in [0.2, 0.25) is 0 Å². The smallest absolute Gasteiger partial charge is 0.458 e. The molecule has 0 saturated carbocycles. The number of hydrogen-bond acceptors (Lipinski definition) is 10. The zero-order valence-electron chi connectivity index (χ0n) is 23.6. The molecule has 0 spiro atoms. The van der Waals surface area contributed by atoms with Crippen LogP contribution in [-0.2, 0) is 35.0 Å². The van der Waals surface area contributed by atoms with Crippen molar-refractivity contribution in [1.82, 2.24) is 0 Å². The second-order valence-corrected chi connectivity index (χ2v) is 10.1. The van der Waals surface area contributed by atoms with E-state index in [4.69, 9.17) is 29.4 Å². The molecular formula is C28H43NO9. The Bertz CT molecular complexity index is 929. The standard InChI is InChI=1S/C28H43NO9/c1-8-34-28(33)36-20(7)19(6)35-27(32)22(29)15-21-11-12-23(37-25(30)13-9-17(2)3)24(16-21)38-26(31)14-10-18(4)5/h11-12,16-20,22H,8-10,13-15,29H2,1-7H3/t19-,20-,22-/m0/s1. The van der Waals surface area contributed by atoms with E-state index in [1.54, 1.807) is 26.8 Å². The van der Waals surface area contributed by atoms with Crippen LogP contribution in [0.25, 0.3) is 0 Å². The summed E-state index contributed by atoms with van der Waals surface area (Å²) in [7, 11) is 0. The number of nitrogens with two attached hydrogens (primary N) is 1. The molecule has 0 bridgehead atoms. The summed E-state index contributed by atoms with van der Waals surface area (Å²) in [6, 6.07) is 3.64. The molecule has 2 N–H and O–H groups in total. The van der Waals surface area contributed by atoms with Crippen LogP contribution in [0.5, 0.6) is 11.5 Å². The van der Waals surface area contributed by atoms with Crippen molar-refractivity contribution in [2.45, 2.75) is 98.8 Å². The van der Waals surface area contributed by atoms with E-state index in [1.165, 1.54) is 12.1 Å². The predicted molar refractivity (Wildman–Crippen MR) is 141 cm³/mol. The molecule has 0 amide bonds. The van der Waals surface area contributed by atoms with Gasteiger partial charge in [-0.3, -0.25) is 14.4 Å². The fraction of sp³-hybridized carbons (Fsp3) is 0.643. The summed E-state index contributed by atoms with van der Waals surface area (Å²) >= 11 is 0. The van der Waals surface area contributed by atoms with Gasteiger partial charge in [-0.15, -0.1) is 0 Å². The number of hydrogen-bond donors (Lipinski definition) is 1. The van der Waals surface area contributed by atoms with E-state index in [0.29, 0.717) is 30.2 Å². The molecule has 0 aliphatic carbocycles. The minimum atomic E-state index is -1.05. The minimum absolute atomic E-state index is 0.0663. The molecule has 10 heteroatoms.